The molecular formula is C48H92O6. The van der Waals surface area contributed by atoms with E-state index in [-0.39, 0.29) is 31.1 Å². The van der Waals surface area contributed by atoms with E-state index in [4.69, 9.17) is 14.2 Å². The minimum absolute atomic E-state index is 0.0650. The Morgan fingerprint density at radius 1 is 0.389 bits per heavy atom. The molecule has 0 bridgehead atoms. The van der Waals surface area contributed by atoms with Gasteiger partial charge in [0.2, 0.25) is 0 Å². The highest BCUT2D eigenvalue weighted by Crippen LogP contribution is 2.17. The molecule has 0 rings (SSSR count). The summed E-state index contributed by atoms with van der Waals surface area (Å²) in [4.78, 5) is 37.7. The molecule has 0 amide bonds. The Kier molecular flexibility index (Phi) is 39.8. The standard InChI is InChI=1S/C48H92O6/c1-6-8-9-10-11-12-15-19-22-28-33-38-46(49)52-41-45(42-53-47(50)39-34-29-25-24-27-32-37-44(5)7-2)54-48(51)40-35-30-23-20-17-14-13-16-18-21-26-31-36-43(3)4/h43-45H,6-42H2,1-5H3/t44?,45-/m1/s1. The van der Waals surface area contributed by atoms with Crippen LogP contribution >= 0.6 is 0 Å². The van der Waals surface area contributed by atoms with Gasteiger partial charge in [-0.3, -0.25) is 14.4 Å². The van der Waals surface area contributed by atoms with Crippen LogP contribution in [0.15, 0.2) is 0 Å². The van der Waals surface area contributed by atoms with Gasteiger partial charge in [0, 0.05) is 19.3 Å². The predicted octanol–water partition coefficient (Wildman–Crippen LogP) is 15.0. The van der Waals surface area contributed by atoms with E-state index in [0.29, 0.717) is 19.3 Å². The average molecular weight is 765 g/mol. The predicted molar refractivity (Wildman–Crippen MR) is 229 cm³/mol. The number of hydrogen-bond donors (Lipinski definition) is 0. The highest BCUT2D eigenvalue weighted by Gasteiger charge is 2.19. The van der Waals surface area contributed by atoms with Crippen molar-refractivity contribution in [2.75, 3.05) is 13.2 Å². The molecule has 0 fully saturated rings. The molecule has 0 aliphatic carbocycles. The van der Waals surface area contributed by atoms with Gasteiger partial charge < -0.3 is 14.2 Å². The minimum atomic E-state index is -0.761. The second-order valence-corrected chi connectivity index (χ2v) is 17.1. The van der Waals surface area contributed by atoms with E-state index in [1.807, 2.05) is 0 Å². The summed E-state index contributed by atoms with van der Waals surface area (Å²) in [7, 11) is 0. The SMILES string of the molecule is CCCCCCCCCCCCCC(=O)OC[C@H](COC(=O)CCCCCCCCC(C)CC)OC(=O)CCCCCCCCCCCCCCC(C)C. The van der Waals surface area contributed by atoms with Crippen molar-refractivity contribution in [3.8, 4) is 0 Å². The molecule has 0 aliphatic rings. The lowest BCUT2D eigenvalue weighted by Crippen LogP contribution is -2.30. The smallest absolute Gasteiger partial charge is 0.306 e. The Bertz CT molecular complexity index is 826. The summed E-state index contributed by atoms with van der Waals surface area (Å²) >= 11 is 0. The number of carbonyl (C=O) groups excluding carboxylic acids is 3. The Labute approximate surface area is 336 Å². The normalized spacial score (nSPS) is 12.6. The molecule has 6 heteroatoms. The molecule has 320 valence electrons. The monoisotopic (exact) mass is 765 g/mol. The van der Waals surface area contributed by atoms with Crippen molar-refractivity contribution in [1.82, 2.24) is 0 Å². The van der Waals surface area contributed by atoms with Crippen LogP contribution < -0.4 is 0 Å². The van der Waals surface area contributed by atoms with Gasteiger partial charge in [-0.25, -0.2) is 0 Å². The summed E-state index contributed by atoms with van der Waals surface area (Å²) < 4.78 is 16.7. The van der Waals surface area contributed by atoms with Crippen molar-refractivity contribution < 1.29 is 28.6 Å². The lowest BCUT2D eigenvalue weighted by atomic mass is 10.00. The Morgan fingerprint density at radius 2 is 0.704 bits per heavy atom. The molecule has 54 heavy (non-hydrogen) atoms. The van der Waals surface area contributed by atoms with Crippen molar-refractivity contribution >= 4 is 17.9 Å². The highest BCUT2D eigenvalue weighted by molar-refractivity contribution is 5.71. The summed E-state index contributed by atoms with van der Waals surface area (Å²) in [5.41, 5.74) is 0. The molecule has 0 aromatic carbocycles. The van der Waals surface area contributed by atoms with Crippen LogP contribution in [-0.4, -0.2) is 37.2 Å². The van der Waals surface area contributed by atoms with Gasteiger partial charge in [0.25, 0.3) is 0 Å². The first-order chi connectivity index (χ1) is 26.3. The van der Waals surface area contributed by atoms with E-state index >= 15 is 0 Å². The fraction of sp³-hybridized carbons (Fsp3) is 0.938. The largest absolute Gasteiger partial charge is 0.462 e. The Hall–Kier alpha value is -1.59. The van der Waals surface area contributed by atoms with Crippen molar-refractivity contribution in [2.45, 2.75) is 265 Å². The van der Waals surface area contributed by atoms with Crippen LogP contribution in [0.25, 0.3) is 0 Å². The molecule has 2 atom stereocenters. The summed E-state index contributed by atoms with van der Waals surface area (Å²) in [6, 6.07) is 0. The van der Waals surface area contributed by atoms with Crippen molar-refractivity contribution in [3.63, 3.8) is 0 Å². The number of esters is 3. The molecule has 0 heterocycles. The topological polar surface area (TPSA) is 78.9 Å². The second kappa shape index (κ2) is 41.1. The fourth-order valence-electron chi connectivity index (χ4n) is 7.07. The molecule has 0 aliphatic heterocycles. The maximum absolute atomic E-state index is 12.7. The molecule has 0 radical (unpaired) electrons. The van der Waals surface area contributed by atoms with Crippen LogP contribution in [0.1, 0.15) is 259 Å². The van der Waals surface area contributed by atoms with Crippen LogP contribution in [0, 0.1) is 11.8 Å². The maximum Gasteiger partial charge on any atom is 0.306 e. The summed E-state index contributed by atoms with van der Waals surface area (Å²) in [6.07, 6.45) is 39.4. The summed E-state index contributed by atoms with van der Waals surface area (Å²) in [6.45, 7) is 11.3. The molecule has 0 saturated carbocycles. The zero-order valence-corrected chi connectivity index (χ0v) is 36.8. The quantitative estimate of drug-likeness (QED) is 0.0350. The second-order valence-electron chi connectivity index (χ2n) is 17.1. The first kappa shape index (κ1) is 52.4. The number of ether oxygens (including phenoxy) is 3. The Balaban J connectivity index is 4.33. The van der Waals surface area contributed by atoms with E-state index in [1.54, 1.807) is 0 Å². The molecule has 0 saturated heterocycles. The minimum Gasteiger partial charge on any atom is -0.462 e. The van der Waals surface area contributed by atoms with Crippen LogP contribution in [0.5, 0.6) is 0 Å². The van der Waals surface area contributed by atoms with Crippen molar-refractivity contribution in [3.05, 3.63) is 0 Å². The van der Waals surface area contributed by atoms with Gasteiger partial charge in [-0.2, -0.15) is 0 Å². The lowest BCUT2D eigenvalue weighted by molar-refractivity contribution is -0.167. The van der Waals surface area contributed by atoms with Gasteiger partial charge in [0.05, 0.1) is 0 Å². The van der Waals surface area contributed by atoms with Crippen LogP contribution in [0.4, 0.5) is 0 Å². The first-order valence-corrected chi connectivity index (χ1v) is 23.8. The first-order valence-electron chi connectivity index (χ1n) is 23.8. The highest BCUT2D eigenvalue weighted by atomic mass is 16.6. The van der Waals surface area contributed by atoms with Crippen LogP contribution in [-0.2, 0) is 28.6 Å². The fourth-order valence-corrected chi connectivity index (χ4v) is 7.07. The van der Waals surface area contributed by atoms with E-state index < -0.39 is 6.10 Å². The molecule has 0 N–H and O–H groups in total. The van der Waals surface area contributed by atoms with Gasteiger partial charge in [-0.05, 0) is 31.1 Å². The number of carbonyl (C=O) groups is 3. The third-order valence-corrected chi connectivity index (χ3v) is 11.1. The van der Waals surface area contributed by atoms with Gasteiger partial charge in [0.15, 0.2) is 6.10 Å². The third-order valence-electron chi connectivity index (χ3n) is 11.1. The van der Waals surface area contributed by atoms with E-state index in [0.717, 1.165) is 69.6 Å². The van der Waals surface area contributed by atoms with Gasteiger partial charge in [-0.1, -0.05) is 221 Å². The zero-order valence-electron chi connectivity index (χ0n) is 36.8. The van der Waals surface area contributed by atoms with Crippen LogP contribution in [0.2, 0.25) is 0 Å². The van der Waals surface area contributed by atoms with Crippen molar-refractivity contribution in [1.29, 1.82) is 0 Å². The molecule has 0 aromatic heterocycles. The number of rotatable bonds is 42. The average Bonchev–Trinajstić information content (AvgIpc) is 3.15. The Morgan fingerprint density at radius 3 is 1.06 bits per heavy atom. The number of hydrogen-bond acceptors (Lipinski definition) is 6. The van der Waals surface area contributed by atoms with Gasteiger partial charge in [0.1, 0.15) is 13.2 Å². The summed E-state index contributed by atoms with van der Waals surface area (Å²) in [5, 5.41) is 0. The van der Waals surface area contributed by atoms with Crippen molar-refractivity contribution in [2.24, 2.45) is 11.8 Å². The molecular weight excluding hydrogens is 673 g/mol. The zero-order chi connectivity index (χ0) is 39.7. The molecule has 0 aromatic rings. The van der Waals surface area contributed by atoms with Crippen LogP contribution in [0.3, 0.4) is 0 Å². The van der Waals surface area contributed by atoms with E-state index in [9.17, 15) is 14.4 Å². The maximum atomic E-state index is 12.7. The molecule has 1 unspecified atom stereocenters. The number of unbranched alkanes of at least 4 members (excludes halogenated alkanes) is 26. The van der Waals surface area contributed by atoms with Gasteiger partial charge >= 0.3 is 17.9 Å². The van der Waals surface area contributed by atoms with E-state index in [1.165, 1.54) is 148 Å². The molecule has 6 nitrogen and oxygen atoms in total. The van der Waals surface area contributed by atoms with E-state index in [2.05, 4.69) is 34.6 Å². The van der Waals surface area contributed by atoms with Gasteiger partial charge in [-0.15, -0.1) is 0 Å². The third kappa shape index (κ3) is 40.1. The lowest BCUT2D eigenvalue weighted by Gasteiger charge is -2.18. The summed E-state index contributed by atoms with van der Waals surface area (Å²) in [5.74, 6) is 0.789. The molecule has 0 spiro atoms.